The van der Waals surface area contributed by atoms with E-state index < -0.39 is 0 Å². The van der Waals surface area contributed by atoms with Crippen molar-refractivity contribution in [2.24, 2.45) is 0 Å². The fourth-order valence-corrected chi connectivity index (χ4v) is 2.23. The summed E-state index contributed by atoms with van der Waals surface area (Å²) in [5.41, 5.74) is 2.63. The van der Waals surface area contributed by atoms with Crippen LogP contribution in [0, 0.1) is 6.92 Å². The van der Waals surface area contributed by atoms with E-state index in [4.69, 9.17) is 4.74 Å². The molecular formula is C16H20N2O3. The van der Waals surface area contributed by atoms with E-state index in [2.05, 4.69) is 5.10 Å². The third-order valence-corrected chi connectivity index (χ3v) is 3.29. The van der Waals surface area contributed by atoms with Crippen molar-refractivity contribution >= 4 is 0 Å². The average Bonchev–Trinajstić information content (AvgIpc) is 2.49. The van der Waals surface area contributed by atoms with Crippen LogP contribution in [0.5, 0.6) is 5.75 Å². The average molecular weight is 288 g/mol. The Morgan fingerprint density at radius 1 is 1.33 bits per heavy atom. The summed E-state index contributed by atoms with van der Waals surface area (Å²) < 4.78 is 6.77. The number of nitrogens with zero attached hydrogens (tertiary/aromatic N) is 2. The van der Waals surface area contributed by atoms with E-state index in [1.54, 1.807) is 13.2 Å². The molecule has 0 aliphatic heterocycles. The third kappa shape index (κ3) is 3.13. The van der Waals surface area contributed by atoms with Crippen LogP contribution in [0.3, 0.4) is 0 Å². The smallest absolute Gasteiger partial charge is 0.272 e. The molecule has 0 radical (unpaired) electrons. The van der Waals surface area contributed by atoms with Crippen molar-refractivity contribution in [3.63, 3.8) is 0 Å². The van der Waals surface area contributed by atoms with Gasteiger partial charge in [-0.3, -0.25) is 4.79 Å². The number of benzene rings is 1. The number of aryl methyl sites for hydroxylation is 2. The molecule has 0 atom stereocenters. The number of aliphatic hydroxyl groups is 1. The number of hydrogen-bond donors (Lipinski definition) is 1. The first-order valence-electron chi connectivity index (χ1n) is 6.97. The molecular weight excluding hydrogens is 268 g/mol. The largest absolute Gasteiger partial charge is 0.496 e. The molecule has 112 valence electrons. The van der Waals surface area contributed by atoms with Gasteiger partial charge in [-0.05, 0) is 31.5 Å². The van der Waals surface area contributed by atoms with Crippen LogP contribution in [0.4, 0.5) is 0 Å². The maximum atomic E-state index is 12.1. The SMILES string of the molecule is CCCn1nc(-c2cc(C)ccc2OC)cc(CO)c1=O. The van der Waals surface area contributed by atoms with Gasteiger partial charge in [-0.2, -0.15) is 5.10 Å². The summed E-state index contributed by atoms with van der Waals surface area (Å²) in [6.07, 6.45) is 0.798. The van der Waals surface area contributed by atoms with Crippen molar-refractivity contribution in [1.82, 2.24) is 9.78 Å². The fourth-order valence-electron chi connectivity index (χ4n) is 2.23. The molecule has 1 heterocycles. The van der Waals surface area contributed by atoms with Crippen LogP contribution in [0.25, 0.3) is 11.3 Å². The monoisotopic (exact) mass is 288 g/mol. The van der Waals surface area contributed by atoms with Gasteiger partial charge >= 0.3 is 0 Å². The molecule has 1 N–H and O–H groups in total. The number of aromatic nitrogens is 2. The van der Waals surface area contributed by atoms with Gasteiger partial charge in [0.25, 0.3) is 5.56 Å². The Morgan fingerprint density at radius 2 is 2.10 bits per heavy atom. The Balaban J connectivity index is 2.66. The Hall–Kier alpha value is -2.14. The molecule has 0 saturated carbocycles. The molecule has 0 aliphatic rings. The minimum atomic E-state index is -0.299. The second-order valence-corrected chi connectivity index (χ2v) is 4.94. The summed E-state index contributed by atoms with van der Waals surface area (Å²) >= 11 is 0. The van der Waals surface area contributed by atoms with Gasteiger partial charge in [0.2, 0.25) is 0 Å². The molecule has 2 rings (SSSR count). The zero-order valence-electron chi connectivity index (χ0n) is 12.6. The molecule has 2 aromatic rings. The summed E-state index contributed by atoms with van der Waals surface area (Å²) in [5, 5.41) is 13.8. The lowest BCUT2D eigenvalue weighted by atomic mass is 10.1. The van der Waals surface area contributed by atoms with Gasteiger partial charge in [-0.1, -0.05) is 18.6 Å². The summed E-state index contributed by atoms with van der Waals surface area (Å²) in [4.78, 5) is 12.1. The van der Waals surface area contributed by atoms with Crippen LogP contribution >= 0.6 is 0 Å². The lowest BCUT2D eigenvalue weighted by Gasteiger charge is -2.12. The Kier molecular flexibility index (Phi) is 4.75. The number of aliphatic hydroxyl groups excluding tert-OH is 1. The molecule has 0 bridgehead atoms. The number of ether oxygens (including phenoxy) is 1. The standard InChI is InChI=1S/C16H20N2O3/c1-4-7-18-16(20)12(10-19)9-14(17-18)13-8-11(2)5-6-15(13)21-3/h5-6,8-9,19H,4,7,10H2,1-3H3. The lowest BCUT2D eigenvalue weighted by Crippen LogP contribution is -2.26. The van der Waals surface area contributed by atoms with Crippen molar-refractivity contribution in [2.75, 3.05) is 7.11 Å². The van der Waals surface area contributed by atoms with E-state index in [0.717, 1.165) is 17.5 Å². The molecule has 0 fully saturated rings. The highest BCUT2D eigenvalue weighted by atomic mass is 16.5. The molecule has 1 aromatic heterocycles. The van der Waals surface area contributed by atoms with Crippen LogP contribution in [0.1, 0.15) is 24.5 Å². The van der Waals surface area contributed by atoms with Gasteiger partial charge in [-0.25, -0.2) is 4.68 Å². The van der Waals surface area contributed by atoms with Gasteiger partial charge in [0.1, 0.15) is 5.75 Å². The van der Waals surface area contributed by atoms with Crippen molar-refractivity contribution in [3.05, 3.63) is 45.7 Å². The molecule has 5 nitrogen and oxygen atoms in total. The minimum absolute atomic E-state index is 0.241. The maximum absolute atomic E-state index is 12.1. The van der Waals surface area contributed by atoms with E-state index >= 15 is 0 Å². The van der Waals surface area contributed by atoms with Gasteiger partial charge in [0.05, 0.1) is 19.4 Å². The summed E-state index contributed by atoms with van der Waals surface area (Å²) in [6, 6.07) is 7.42. The van der Waals surface area contributed by atoms with Gasteiger partial charge in [-0.15, -0.1) is 0 Å². The van der Waals surface area contributed by atoms with E-state index in [9.17, 15) is 9.90 Å². The predicted octanol–water partition coefficient (Wildman–Crippen LogP) is 2.13. The van der Waals surface area contributed by atoms with Crippen molar-refractivity contribution in [2.45, 2.75) is 33.4 Å². The molecule has 0 saturated heterocycles. The van der Waals surface area contributed by atoms with E-state index in [1.165, 1.54) is 4.68 Å². The van der Waals surface area contributed by atoms with Gasteiger partial charge < -0.3 is 9.84 Å². The minimum Gasteiger partial charge on any atom is -0.496 e. The third-order valence-electron chi connectivity index (χ3n) is 3.29. The normalized spacial score (nSPS) is 10.7. The van der Waals surface area contributed by atoms with Crippen molar-refractivity contribution < 1.29 is 9.84 Å². The van der Waals surface area contributed by atoms with E-state index in [1.807, 2.05) is 32.0 Å². The first-order chi connectivity index (χ1) is 10.1. The first kappa shape index (κ1) is 15.3. The van der Waals surface area contributed by atoms with Crippen molar-refractivity contribution in [1.29, 1.82) is 0 Å². The Morgan fingerprint density at radius 3 is 2.71 bits per heavy atom. The van der Waals surface area contributed by atoms with Gasteiger partial charge in [0.15, 0.2) is 0 Å². The quantitative estimate of drug-likeness (QED) is 0.915. The predicted molar refractivity (Wildman–Crippen MR) is 81.4 cm³/mol. The van der Waals surface area contributed by atoms with E-state index in [0.29, 0.717) is 23.6 Å². The Labute approximate surface area is 123 Å². The van der Waals surface area contributed by atoms with Crippen LogP contribution in [-0.4, -0.2) is 22.0 Å². The zero-order chi connectivity index (χ0) is 15.4. The van der Waals surface area contributed by atoms with Crippen LogP contribution < -0.4 is 10.3 Å². The maximum Gasteiger partial charge on any atom is 0.272 e. The molecule has 21 heavy (non-hydrogen) atoms. The number of rotatable bonds is 5. The second kappa shape index (κ2) is 6.54. The summed E-state index contributed by atoms with van der Waals surface area (Å²) in [7, 11) is 1.60. The van der Waals surface area contributed by atoms with Crippen LogP contribution in [0.2, 0.25) is 0 Å². The fraction of sp³-hybridized carbons (Fsp3) is 0.375. The second-order valence-electron chi connectivity index (χ2n) is 4.94. The molecule has 5 heteroatoms. The molecule has 0 unspecified atom stereocenters. The highest BCUT2D eigenvalue weighted by Gasteiger charge is 2.13. The topological polar surface area (TPSA) is 64.3 Å². The zero-order valence-corrected chi connectivity index (χ0v) is 12.6. The summed E-state index contributed by atoms with van der Waals surface area (Å²) in [5.74, 6) is 0.693. The molecule has 0 spiro atoms. The Bertz CT molecular complexity index is 692. The lowest BCUT2D eigenvalue weighted by molar-refractivity contribution is 0.278. The first-order valence-corrected chi connectivity index (χ1v) is 6.97. The summed E-state index contributed by atoms with van der Waals surface area (Å²) in [6.45, 7) is 4.19. The van der Waals surface area contributed by atoms with Crippen molar-refractivity contribution in [3.8, 4) is 17.0 Å². The highest BCUT2D eigenvalue weighted by Crippen LogP contribution is 2.29. The number of methoxy groups -OCH3 is 1. The molecule has 1 aromatic carbocycles. The molecule has 0 aliphatic carbocycles. The van der Waals surface area contributed by atoms with E-state index in [-0.39, 0.29) is 12.2 Å². The highest BCUT2D eigenvalue weighted by molar-refractivity contribution is 5.68. The molecule has 0 amide bonds. The number of hydrogen-bond acceptors (Lipinski definition) is 4. The van der Waals surface area contributed by atoms with Crippen LogP contribution in [0.15, 0.2) is 29.1 Å². The van der Waals surface area contributed by atoms with Gasteiger partial charge in [0, 0.05) is 17.7 Å². The van der Waals surface area contributed by atoms with Crippen LogP contribution in [-0.2, 0) is 13.2 Å².